The van der Waals surface area contributed by atoms with Crippen molar-refractivity contribution >= 4 is 5.96 Å². The van der Waals surface area contributed by atoms with Gasteiger partial charge in [-0.2, -0.15) is 5.10 Å². The number of aliphatic imine (C=N–C) groups is 1. The fraction of sp³-hybridized carbons (Fsp3) is 0.375. The highest BCUT2D eigenvalue weighted by Crippen LogP contribution is 2.32. The number of benzene rings is 1. The van der Waals surface area contributed by atoms with Crippen molar-refractivity contribution in [2.75, 3.05) is 19.7 Å². The van der Waals surface area contributed by atoms with Crippen LogP contribution in [0.5, 0.6) is 17.4 Å². The van der Waals surface area contributed by atoms with Gasteiger partial charge in [-0.05, 0) is 44.0 Å². The summed E-state index contributed by atoms with van der Waals surface area (Å²) in [4.78, 5) is 9.14. The fourth-order valence-electron chi connectivity index (χ4n) is 2.99. The first-order valence-corrected chi connectivity index (χ1v) is 11.1. The Morgan fingerprint density at radius 3 is 2.69 bits per heavy atom. The van der Waals surface area contributed by atoms with Gasteiger partial charge >= 0.3 is 0 Å². The Morgan fingerprint density at radius 1 is 1.03 bits per heavy atom. The monoisotopic (exact) mass is 436 g/mol. The van der Waals surface area contributed by atoms with E-state index in [1.54, 1.807) is 12.4 Å². The van der Waals surface area contributed by atoms with E-state index >= 15 is 0 Å². The number of guanidine groups is 1. The van der Waals surface area contributed by atoms with Crippen LogP contribution in [0.15, 0.2) is 66.0 Å². The summed E-state index contributed by atoms with van der Waals surface area (Å²) >= 11 is 0. The molecule has 0 aliphatic carbocycles. The summed E-state index contributed by atoms with van der Waals surface area (Å²) in [6.07, 6.45) is 7.36. The second kappa shape index (κ2) is 13.0. The number of aromatic nitrogens is 3. The van der Waals surface area contributed by atoms with Gasteiger partial charge in [0.05, 0.1) is 13.2 Å². The molecule has 0 saturated heterocycles. The van der Waals surface area contributed by atoms with Crippen molar-refractivity contribution in [3.63, 3.8) is 0 Å². The van der Waals surface area contributed by atoms with Crippen LogP contribution in [-0.2, 0) is 13.1 Å². The van der Waals surface area contributed by atoms with Gasteiger partial charge in [-0.15, -0.1) is 0 Å². The summed E-state index contributed by atoms with van der Waals surface area (Å²) in [5.74, 6) is 2.64. The lowest BCUT2D eigenvalue weighted by Gasteiger charge is -2.14. The van der Waals surface area contributed by atoms with E-state index in [9.17, 15) is 0 Å². The molecule has 0 atom stereocenters. The Morgan fingerprint density at radius 2 is 1.91 bits per heavy atom. The summed E-state index contributed by atoms with van der Waals surface area (Å²) in [5.41, 5.74) is 0.895. The van der Waals surface area contributed by atoms with Crippen molar-refractivity contribution in [2.45, 2.75) is 39.8 Å². The summed E-state index contributed by atoms with van der Waals surface area (Å²) < 4.78 is 13.8. The maximum absolute atomic E-state index is 6.11. The second-order valence-electron chi connectivity index (χ2n) is 7.11. The number of para-hydroxylation sites is 2. The first-order chi connectivity index (χ1) is 15.8. The third kappa shape index (κ3) is 7.30. The normalized spacial score (nSPS) is 11.2. The molecular formula is C24H32N6O2. The average Bonchev–Trinajstić information content (AvgIpc) is 3.34. The molecule has 170 valence electrons. The number of ether oxygens (including phenoxy) is 2. The van der Waals surface area contributed by atoms with E-state index < -0.39 is 0 Å². The van der Waals surface area contributed by atoms with E-state index in [1.165, 1.54) is 0 Å². The van der Waals surface area contributed by atoms with Crippen LogP contribution in [0.2, 0.25) is 0 Å². The van der Waals surface area contributed by atoms with Crippen LogP contribution < -0.4 is 20.1 Å². The molecule has 0 saturated carbocycles. The topological polar surface area (TPSA) is 85.6 Å². The van der Waals surface area contributed by atoms with Gasteiger partial charge in [0.25, 0.3) is 0 Å². The number of nitrogens with zero attached hydrogens (tertiary/aromatic N) is 4. The van der Waals surface area contributed by atoms with Crippen molar-refractivity contribution in [1.82, 2.24) is 25.4 Å². The summed E-state index contributed by atoms with van der Waals surface area (Å²) in [7, 11) is 0. The first kappa shape index (κ1) is 23.1. The minimum absolute atomic E-state index is 0.440. The minimum atomic E-state index is 0.440. The van der Waals surface area contributed by atoms with Crippen molar-refractivity contribution in [1.29, 1.82) is 0 Å². The van der Waals surface area contributed by atoms with E-state index in [1.807, 2.05) is 60.3 Å². The number of hydrogen-bond acceptors (Lipinski definition) is 5. The molecule has 2 N–H and O–H groups in total. The third-order valence-electron chi connectivity index (χ3n) is 4.53. The van der Waals surface area contributed by atoms with Crippen molar-refractivity contribution in [2.24, 2.45) is 4.99 Å². The molecule has 8 heteroatoms. The van der Waals surface area contributed by atoms with Gasteiger partial charge in [-0.1, -0.05) is 25.1 Å². The van der Waals surface area contributed by atoms with Gasteiger partial charge in [0, 0.05) is 43.8 Å². The lowest BCUT2D eigenvalue weighted by Crippen LogP contribution is -2.38. The van der Waals surface area contributed by atoms with Gasteiger partial charge in [0.1, 0.15) is 0 Å². The molecule has 2 heterocycles. The molecule has 32 heavy (non-hydrogen) atoms. The van der Waals surface area contributed by atoms with Crippen LogP contribution in [0, 0.1) is 0 Å². The highest BCUT2D eigenvalue weighted by Gasteiger charge is 2.10. The SMILES string of the molecule is CCCOc1ccccc1Oc1ncccc1CN=C(NCC)NCCCn1cccn1. The molecular weight excluding hydrogens is 404 g/mol. The predicted octanol–water partition coefficient (Wildman–Crippen LogP) is 4.00. The highest BCUT2D eigenvalue weighted by atomic mass is 16.5. The Kier molecular flexibility index (Phi) is 9.39. The molecule has 0 amide bonds. The molecule has 1 aromatic carbocycles. The van der Waals surface area contributed by atoms with Crippen LogP contribution in [0.4, 0.5) is 0 Å². The molecule has 2 aromatic heterocycles. The van der Waals surface area contributed by atoms with Crippen molar-refractivity contribution < 1.29 is 9.47 Å². The lowest BCUT2D eigenvalue weighted by molar-refractivity contribution is 0.300. The number of aryl methyl sites for hydroxylation is 1. The average molecular weight is 437 g/mol. The van der Waals surface area contributed by atoms with Gasteiger partial charge in [-0.3, -0.25) is 4.68 Å². The number of rotatable bonds is 12. The van der Waals surface area contributed by atoms with Crippen LogP contribution in [0.1, 0.15) is 32.3 Å². The lowest BCUT2D eigenvalue weighted by atomic mass is 10.2. The van der Waals surface area contributed by atoms with E-state index in [2.05, 4.69) is 27.6 Å². The van der Waals surface area contributed by atoms with E-state index in [4.69, 9.17) is 14.5 Å². The van der Waals surface area contributed by atoms with E-state index in [-0.39, 0.29) is 0 Å². The quantitative estimate of drug-likeness (QED) is 0.254. The van der Waals surface area contributed by atoms with Gasteiger partial charge < -0.3 is 20.1 Å². The molecule has 0 aliphatic rings. The summed E-state index contributed by atoms with van der Waals surface area (Å²) in [6.45, 7) is 7.64. The smallest absolute Gasteiger partial charge is 0.224 e. The molecule has 0 aliphatic heterocycles. The Bertz CT molecular complexity index is 959. The zero-order valence-electron chi connectivity index (χ0n) is 18.8. The highest BCUT2D eigenvalue weighted by molar-refractivity contribution is 5.79. The predicted molar refractivity (Wildman–Crippen MR) is 126 cm³/mol. The molecule has 0 unspecified atom stereocenters. The number of nitrogens with one attached hydrogen (secondary N) is 2. The molecule has 3 rings (SSSR count). The Balaban J connectivity index is 1.62. The largest absolute Gasteiger partial charge is 0.490 e. The first-order valence-electron chi connectivity index (χ1n) is 11.1. The molecule has 8 nitrogen and oxygen atoms in total. The minimum Gasteiger partial charge on any atom is -0.490 e. The Hall–Kier alpha value is -3.55. The van der Waals surface area contributed by atoms with Crippen LogP contribution in [0.3, 0.4) is 0 Å². The molecule has 0 fully saturated rings. The van der Waals surface area contributed by atoms with Gasteiger partial charge in [-0.25, -0.2) is 9.98 Å². The van der Waals surface area contributed by atoms with Gasteiger partial charge in [0.15, 0.2) is 17.5 Å². The van der Waals surface area contributed by atoms with Crippen molar-refractivity contribution in [3.8, 4) is 17.4 Å². The number of hydrogen-bond donors (Lipinski definition) is 2. The molecule has 0 radical (unpaired) electrons. The maximum atomic E-state index is 6.11. The Labute approximate surface area is 189 Å². The zero-order chi connectivity index (χ0) is 22.4. The van der Waals surface area contributed by atoms with Crippen LogP contribution in [0.25, 0.3) is 0 Å². The fourth-order valence-corrected chi connectivity index (χ4v) is 2.99. The molecule has 0 bridgehead atoms. The second-order valence-corrected chi connectivity index (χ2v) is 7.11. The standard InChI is InChI=1S/C24H32N6O2/c1-3-18-31-21-11-5-6-12-22(21)32-23-20(10-7-13-26-23)19-28-24(25-4-2)27-14-8-16-30-17-9-15-29-30/h5-7,9-13,15,17H,3-4,8,14,16,18-19H2,1-2H3,(H2,25,27,28). The molecule has 3 aromatic rings. The van der Waals surface area contributed by atoms with Crippen molar-refractivity contribution in [3.05, 3.63) is 66.6 Å². The van der Waals surface area contributed by atoms with Crippen LogP contribution in [-0.4, -0.2) is 40.4 Å². The third-order valence-corrected chi connectivity index (χ3v) is 4.53. The van der Waals surface area contributed by atoms with E-state index in [0.29, 0.717) is 30.5 Å². The van der Waals surface area contributed by atoms with Gasteiger partial charge in [0.2, 0.25) is 5.88 Å². The van der Waals surface area contributed by atoms with Crippen LogP contribution >= 0.6 is 0 Å². The summed E-state index contributed by atoms with van der Waals surface area (Å²) in [5, 5.41) is 10.9. The molecule has 0 spiro atoms. The number of pyridine rings is 1. The summed E-state index contributed by atoms with van der Waals surface area (Å²) in [6, 6.07) is 13.4. The van der Waals surface area contributed by atoms with E-state index in [0.717, 1.165) is 44.0 Å². The maximum Gasteiger partial charge on any atom is 0.224 e. The zero-order valence-corrected chi connectivity index (χ0v) is 18.8.